The predicted molar refractivity (Wildman–Crippen MR) is 115 cm³/mol. The Bertz CT molecular complexity index is 689. The Morgan fingerprint density at radius 3 is 2.58 bits per heavy atom. The van der Waals surface area contributed by atoms with Gasteiger partial charge in [0.05, 0.1) is 13.1 Å². The molecule has 2 aromatic rings. The van der Waals surface area contributed by atoms with E-state index in [4.69, 9.17) is 16.3 Å². The number of methoxy groups -OCH3 is 1. The maximum Gasteiger partial charge on any atom is 0.191 e. The van der Waals surface area contributed by atoms with E-state index in [1.165, 1.54) is 0 Å². The third-order valence-corrected chi connectivity index (χ3v) is 4.00. The highest BCUT2D eigenvalue weighted by atomic mass is 127. The molecule has 0 spiro atoms. The van der Waals surface area contributed by atoms with E-state index >= 15 is 0 Å². The second-order valence-electron chi connectivity index (χ2n) is 5.64. The van der Waals surface area contributed by atoms with Crippen LogP contribution in [0.3, 0.4) is 0 Å². The second kappa shape index (κ2) is 12.1. The highest BCUT2D eigenvalue weighted by Crippen LogP contribution is 2.10. The molecule has 1 heterocycles. The molecule has 1 aromatic carbocycles. The molecular formula is C17H26ClIN6O. The zero-order chi connectivity index (χ0) is 18.1. The molecule has 7 nitrogen and oxygen atoms in total. The molecule has 0 amide bonds. The number of guanidine groups is 1. The summed E-state index contributed by atoms with van der Waals surface area (Å²) >= 11 is 5.92. The molecule has 0 radical (unpaired) electrons. The molecule has 2 N–H and O–H groups in total. The van der Waals surface area contributed by atoms with Crippen molar-refractivity contribution in [3.63, 3.8) is 0 Å². The van der Waals surface area contributed by atoms with Crippen molar-refractivity contribution in [1.29, 1.82) is 0 Å². The van der Waals surface area contributed by atoms with Gasteiger partial charge in [0.15, 0.2) is 11.8 Å². The molecule has 0 atom stereocenters. The van der Waals surface area contributed by atoms with Gasteiger partial charge in [0.2, 0.25) is 0 Å². The summed E-state index contributed by atoms with van der Waals surface area (Å²) in [6.45, 7) is 4.52. The van der Waals surface area contributed by atoms with Gasteiger partial charge in [-0.2, -0.15) is 0 Å². The minimum Gasteiger partial charge on any atom is -0.385 e. The number of halogens is 2. The van der Waals surface area contributed by atoms with Gasteiger partial charge in [-0.15, -0.1) is 34.2 Å². The summed E-state index contributed by atoms with van der Waals surface area (Å²) in [5.41, 5.74) is 1.09. The van der Waals surface area contributed by atoms with Crippen LogP contribution < -0.4 is 10.6 Å². The molecule has 0 aliphatic carbocycles. The average Bonchev–Trinajstić information content (AvgIpc) is 2.93. The Balaban J connectivity index is 0.00000338. The molecule has 0 bridgehead atoms. The van der Waals surface area contributed by atoms with Crippen molar-refractivity contribution in [2.24, 2.45) is 12.0 Å². The number of aliphatic imine (C=N–C) groups is 1. The number of rotatable bonds is 8. The molecule has 0 aliphatic heterocycles. The summed E-state index contributed by atoms with van der Waals surface area (Å²) in [5.74, 6) is 2.46. The zero-order valence-corrected chi connectivity index (χ0v) is 18.4. The molecular weight excluding hydrogens is 467 g/mol. The van der Waals surface area contributed by atoms with Crippen molar-refractivity contribution in [3.8, 4) is 0 Å². The van der Waals surface area contributed by atoms with Crippen molar-refractivity contribution in [1.82, 2.24) is 25.4 Å². The minimum absolute atomic E-state index is 0. The highest BCUT2D eigenvalue weighted by molar-refractivity contribution is 14.0. The topological polar surface area (TPSA) is 76.4 Å². The van der Waals surface area contributed by atoms with E-state index in [1.54, 1.807) is 7.11 Å². The summed E-state index contributed by atoms with van der Waals surface area (Å²) < 4.78 is 7.03. The van der Waals surface area contributed by atoms with Crippen molar-refractivity contribution in [3.05, 3.63) is 46.5 Å². The standard InChI is InChI=1S/C17H25ClN6O.HI/c1-13-22-23-16(24(13)2)12-21-17(19-9-4-10-25-3)20-11-14-5-7-15(18)8-6-14;/h5-8H,4,9-12H2,1-3H3,(H2,19,20,21);1H. The lowest BCUT2D eigenvalue weighted by Gasteiger charge is -2.12. The number of hydrogen-bond donors (Lipinski definition) is 2. The van der Waals surface area contributed by atoms with E-state index in [0.29, 0.717) is 19.7 Å². The van der Waals surface area contributed by atoms with Gasteiger partial charge in [-0.05, 0) is 31.0 Å². The van der Waals surface area contributed by atoms with Gasteiger partial charge < -0.3 is 19.9 Å². The van der Waals surface area contributed by atoms with Crippen LogP contribution >= 0.6 is 35.6 Å². The molecule has 0 fully saturated rings. The lowest BCUT2D eigenvalue weighted by molar-refractivity contribution is 0.195. The van der Waals surface area contributed by atoms with Crippen LogP contribution in [0.25, 0.3) is 0 Å². The maximum atomic E-state index is 5.92. The normalized spacial score (nSPS) is 11.2. The Morgan fingerprint density at radius 1 is 1.23 bits per heavy atom. The molecule has 0 unspecified atom stereocenters. The first-order valence-corrected chi connectivity index (χ1v) is 8.58. The second-order valence-corrected chi connectivity index (χ2v) is 6.08. The SMILES string of the molecule is COCCCNC(=NCc1ccc(Cl)cc1)NCc1nnc(C)n1C.I. The number of aromatic nitrogens is 3. The Kier molecular flexibility index (Phi) is 10.5. The van der Waals surface area contributed by atoms with Crippen LogP contribution in [0.4, 0.5) is 0 Å². The fraction of sp³-hybridized carbons (Fsp3) is 0.471. The summed E-state index contributed by atoms with van der Waals surface area (Å²) in [4.78, 5) is 4.63. The minimum atomic E-state index is 0. The number of hydrogen-bond acceptors (Lipinski definition) is 4. The van der Waals surface area contributed by atoms with Gasteiger partial charge in [0, 0.05) is 32.3 Å². The summed E-state index contributed by atoms with van der Waals surface area (Å²) in [6, 6.07) is 7.68. The number of nitrogens with zero attached hydrogens (tertiary/aromatic N) is 4. The largest absolute Gasteiger partial charge is 0.385 e. The molecule has 2 rings (SSSR count). The van der Waals surface area contributed by atoms with E-state index < -0.39 is 0 Å². The molecule has 0 saturated heterocycles. The Morgan fingerprint density at radius 2 is 1.96 bits per heavy atom. The lowest BCUT2D eigenvalue weighted by atomic mass is 10.2. The molecule has 144 valence electrons. The van der Waals surface area contributed by atoms with E-state index in [2.05, 4.69) is 25.8 Å². The van der Waals surface area contributed by atoms with Crippen molar-refractivity contribution < 1.29 is 4.74 Å². The zero-order valence-electron chi connectivity index (χ0n) is 15.3. The molecule has 26 heavy (non-hydrogen) atoms. The van der Waals surface area contributed by atoms with E-state index in [-0.39, 0.29) is 24.0 Å². The molecule has 0 saturated carbocycles. The number of nitrogens with one attached hydrogen (secondary N) is 2. The van der Waals surface area contributed by atoms with Crippen LogP contribution in [0.5, 0.6) is 0 Å². The number of benzene rings is 1. The van der Waals surface area contributed by atoms with Gasteiger partial charge >= 0.3 is 0 Å². The highest BCUT2D eigenvalue weighted by Gasteiger charge is 2.06. The van der Waals surface area contributed by atoms with Crippen LogP contribution in [0.1, 0.15) is 23.6 Å². The first-order chi connectivity index (χ1) is 12.1. The number of aryl methyl sites for hydroxylation is 1. The van der Waals surface area contributed by atoms with Crippen molar-refractivity contribution in [2.45, 2.75) is 26.4 Å². The lowest BCUT2D eigenvalue weighted by Crippen LogP contribution is -2.38. The summed E-state index contributed by atoms with van der Waals surface area (Å²) in [5, 5.41) is 15.6. The number of ether oxygens (including phenoxy) is 1. The monoisotopic (exact) mass is 492 g/mol. The quantitative estimate of drug-likeness (QED) is 0.256. The average molecular weight is 493 g/mol. The Labute approximate surface area is 176 Å². The van der Waals surface area contributed by atoms with Gasteiger partial charge in [-0.25, -0.2) is 4.99 Å². The Hall–Kier alpha value is -1.39. The summed E-state index contributed by atoms with van der Waals surface area (Å²) in [6.07, 6.45) is 0.904. The third kappa shape index (κ3) is 7.46. The predicted octanol–water partition coefficient (Wildman–Crippen LogP) is 2.67. The molecule has 9 heteroatoms. The smallest absolute Gasteiger partial charge is 0.191 e. The van der Waals surface area contributed by atoms with E-state index in [0.717, 1.165) is 41.2 Å². The van der Waals surface area contributed by atoms with Crippen molar-refractivity contribution in [2.75, 3.05) is 20.3 Å². The van der Waals surface area contributed by atoms with Gasteiger partial charge in [0.1, 0.15) is 5.82 Å². The van der Waals surface area contributed by atoms with Crippen LogP contribution in [0.2, 0.25) is 5.02 Å². The van der Waals surface area contributed by atoms with E-state index in [9.17, 15) is 0 Å². The first kappa shape index (κ1) is 22.7. The van der Waals surface area contributed by atoms with Gasteiger partial charge in [0.25, 0.3) is 0 Å². The summed E-state index contributed by atoms with van der Waals surface area (Å²) in [7, 11) is 3.65. The molecule has 1 aromatic heterocycles. The fourth-order valence-corrected chi connectivity index (χ4v) is 2.25. The van der Waals surface area contributed by atoms with E-state index in [1.807, 2.05) is 42.8 Å². The first-order valence-electron chi connectivity index (χ1n) is 8.20. The van der Waals surface area contributed by atoms with Crippen LogP contribution in [0.15, 0.2) is 29.3 Å². The van der Waals surface area contributed by atoms with Crippen LogP contribution in [0, 0.1) is 6.92 Å². The van der Waals surface area contributed by atoms with Gasteiger partial charge in [-0.3, -0.25) is 0 Å². The fourth-order valence-electron chi connectivity index (χ4n) is 2.13. The van der Waals surface area contributed by atoms with Crippen LogP contribution in [-0.4, -0.2) is 41.0 Å². The maximum absolute atomic E-state index is 5.92. The third-order valence-electron chi connectivity index (χ3n) is 3.75. The van der Waals surface area contributed by atoms with Gasteiger partial charge in [-0.1, -0.05) is 23.7 Å². The van der Waals surface area contributed by atoms with Crippen molar-refractivity contribution >= 4 is 41.5 Å². The van der Waals surface area contributed by atoms with Crippen LogP contribution in [-0.2, 0) is 24.9 Å². The molecule has 0 aliphatic rings.